The number of nitrogens with one attached hydrogen (secondary N) is 5. The lowest BCUT2D eigenvalue weighted by molar-refractivity contribution is -0.115. The highest BCUT2D eigenvalue weighted by Crippen LogP contribution is 2.20. The maximum Gasteiger partial charge on any atom is 0.269 e. The van der Waals surface area contributed by atoms with Gasteiger partial charge in [-0.3, -0.25) is 34.1 Å². The SMILES string of the molecule is C=CN(CCNCC(=O)Nc1ccc(C(=O)NCCCCCNC(=O)c2ccc(N3CCN(Cc4cnc5cc(CC)c(=O)[nH]c5c4)CC3)cn2)nc1Cl)N=NC. The zero-order valence-corrected chi connectivity index (χ0v) is 33.1. The third-order valence-electron chi connectivity index (χ3n) is 9.33. The lowest BCUT2D eigenvalue weighted by atomic mass is 10.1. The summed E-state index contributed by atoms with van der Waals surface area (Å²) in [5.41, 5.74) is 5.06. The molecular formula is C39H50ClN13O4. The minimum Gasteiger partial charge on any atom is -0.368 e. The molecule has 4 aromatic rings. The van der Waals surface area contributed by atoms with E-state index in [4.69, 9.17) is 11.6 Å². The zero-order chi connectivity index (χ0) is 40.6. The molecule has 0 spiro atoms. The Bertz CT molecular complexity index is 2090. The van der Waals surface area contributed by atoms with E-state index in [9.17, 15) is 19.2 Å². The van der Waals surface area contributed by atoms with E-state index in [-0.39, 0.29) is 40.7 Å². The molecule has 1 saturated heterocycles. The Labute approximate surface area is 336 Å². The van der Waals surface area contributed by atoms with Gasteiger partial charge in [-0.25, -0.2) is 9.97 Å². The minimum atomic E-state index is -0.374. The second-order valence-electron chi connectivity index (χ2n) is 13.4. The lowest BCUT2D eigenvalue weighted by Crippen LogP contribution is -2.46. The summed E-state index contributed by atoms with van der Waals surface area (Å²) in [5.74, 6) is -0.921. The number of carbonyl (C=O) groups excluding carboxylic acids is 3. The Morgan fingerprint density at radius 3 is 2.37 bits per heavy atom. The van der Waals surface area contributed by atoms with E-state index in [1.165, 1.54) is 18.3 Å². The normalized spacial score (nSPS) is 13.1. The summed E-state index contributed by atoms with van der Waals surface area (Å²) in [6.45, 7) is 11.6. The number of nitrogens with zero attached hydrogens (tertiary/aromatic N) is 8. The summed E-state index contributed by atoms with van der Waals surface area (Å²) >= 11 is 6.24. The highest BCUT2D eigenvalue weighted by molar-refractivity contribution is 6.32. The number of piperazine rings is 1. The van der Waals surface area contributed by atoms with Crippen molar-refractivity contribution in [2.45, 2.75) is 39.2 Å². The molecule has 5 heterocycles. The van der Waals surface area contributed by atoms with Gasteiger partial charge in [0.05, 0.1) is 48.7 Å². The van der Waals surface area contributed by atoms with E-state index in [1.807, 2.05) is 31.3 Å². The Morgan fingerprint density at radius 2 is 1.70 bits per heavy atom. The molecule has 0 unspecified atom stereocenters. The average Bonchev–Trinajstić information content (AvgIpc) is 3.22. The summed E-state index contributed by atoms with van der Waals surface area (Å²) in [4.78, 5) is 70.5. The van der Waals surface area contributed by atoms with Gasteiger partial charge >= 0.3 is 0 Å². The monoisotopic (exact) mass is 799 g/mol. The van der Waals surface area contributed by atoms with Crippen LogP contribution in [0.15, 0.2) is 76.7 Å². The van der Waals surface area contributed by atoms with E-state index >= 15 is 0 Å². The first-order valence-corrected chi connectivity index (χ1v) is 19.4. The number of fused-ring (bicyclic) bond motifs is 1. The predicted octanol–water partition coefficient (Wildman–Crippen LogP) is 3.55. The van der Waals surface area contributed by atoms with Gasteiger partial charge in [-0.05, 0) is 67.6 Å². The number of amides is 3. The molecule has 3 amide bonds. The minimum absolute atomic E-state index is 0.00804. The summed E-state index contributed by atoms with van der Waals surface area (Å²) in [7, 11) is 1.56. The molecule has 302 valence electrons. The van der Waals surface area contributed by atoms with Crippen molar-refractivity contribution in [3.63, 3.8) is 0 Å². The summed E-state index contributed by atoms with van der Waals surface area (Å²) < 4.78 is 0. The van der Waals surface area contributed by atoms with Crippen LogP contribution in [0.2, 0.25) is 5.15 Å². The van der Waals surface area contributed by atoms with Gasteiger partial charge in [0.1, 0.15) is 11.4 Å². The fourth-order valence-corrected chi connectivity index (χ4v) is 6.39. The van der Waals surface area contributed by atoms with E-state index < -0.39 is 0 Å². The molecular weight excluding hydrogens is 750 g/mol. The Morgan fingerprint density at radius 1 is 0.965 bits per heavy atom. The lowest BCUT2D eigenvalue weighted by Gasteiger charge is -2.36. The Hall–Kier alpha value is -5.78. The van der Waals surface area contributed by atoms with Crippen LogP contribution in [0.25, 0.3) is 11.0 Å². The van der Waals surface area contributed by atoms with E-state index in [2.05, 4.69) is 67.9 Å². The van der Waals surface area contributed by atoms with Crippen molar-refractivity contribution in [3.05, 3.63) is 99.6 Å². The Balaban J connectivity index is 0.935. The van der Waals surface area contributed by atoms with Gasteiger partial charge in [-0.15, -0.1) is 0 Å². The number of aromatic amines is 1. The van der Waals surface area contributed by atoms with Crippen molar-refractivity contribution >= 4 is 51.7 Å². The third-order valence-corrected chi connectivity index (χ3v) is 9.62. The molecule has 4 aromatic heterocycles. The number of hydrogen-bond donors (Lipinski definition) is 5. The first-order valence-electron chi connectivity index (χ1n) is 19.0. The number of anilines is 2. The molecule has 0 bridgehead atoms. The second-order valence-corrected chi connectivity index (χ2v) is 13.7. The molecule has 1 fully saturated rings. The first kappa shape index (κ1) is 42.4. The van der Waals surface area contributed by atoms with Crippen molar-refractivity contribution in [1.29, 1.82) is 0 Å². The number of H-pyrrole nitrogens is 1. The number of aromatic nitrogens is 4. The molecule has 0 atom stereocenters. The van der Waals surface area contributed by atoms with Crippen molar-refractivity contribution in [3.8, 4) is 0 Å². The molecule has 0 saturated carbocycles. The topological polar surface area (TPSA) is 205 Å². The van der Waals surface area contributed by atoms with Crippen LogP contribution in [0.3, 0.4) is 0 Å². The van der Waals surface area contributed by atoms with E-state index in [0.717, 1.165) is 73.4 Å². The van der Waals surface area contributed by atoms with Crippen LogP contribution in [-0.4, -0.2) is 114 Å². The number of hydrogen-bond acceptors (Lipinski definition) is 12. The van der Waals surface area contributed by atoms with Crippen LogP contribution in [0.4, 0.5) is 11.4 Å². The number of pyridine rings is 4. The average molecular weight is 800 g/mol. The highest BCUT2D eigenvalue weighted by Gasteiger charge is 2.19. The first-order chi connectivity index (χ1) is 27.7. The van der Waals surface area contributed by atoms with Crippen LogP contribution in [0, 0.1) is 0 Å². The zero-order valence-electron chi connectivity index (χ0n) is 32.4. The molecule has 0 radical (unpaired) electrons. The van der Waals surface area contributed by atoms with E-state index in [1.54, 1.807) is 24.3 Å². The van der Waals surface area contributed by atoms with Gasteiger partial charge in [0.2, 0.25) is 5.91 Å². The molecule has 5 rings (SSSR count). The maximum atomic E-state index is 12.7. The van der Waals surface area contributed by atoms with Gasteiger partial charge in [-0.2, -0.15) is 5.11 Å². The van der Waals surface area contributed by atoms with Crippen molar-refractivity contribution in [2.75, 3.05) is 76.2 Å². The summed E-state index contributed by atoms with van der Waals surface area (Å²) in [6.07, 6.45) is 8.07. The standard InChI is InChI=1S/C39H50ClN13O4/c1-4-28-22-33-34(49-37(28)55)21-27(23-45-33)26-51-17-19-52(20-18-51)29-9-10-31(46-24-29)38(56)43-13-7-6-8-14-44-39(57)32-12-11-30(36(40)48-32)47-35(54)25-42-15-16-53(5-2)50-41-3/h5,9-12,21-24,42H,2,4,6-8,13-20,25-26H2,1,3H3,(H,43,56)(H,44,57)(H,47,54)(H,49,55). The Kier molecular flexibility index (Phi) is 16.0. The van der Waals surface area contributed by atoms with Gasteiger partial charge in [0, 0.05) is 70.3 Å². The molecule has 1 aliphatic heterocycles. The number of aryl methyl sites for hydroxylation is 1. The third kappa shape index (κ3) is 12.6. The van der Waals surface area contributed by atoms with E-state index in [0.29, 0.717) is 50.4 Å². The number of rotatable bonds is 20. The smallest absolute Gasteiger partial charge is 0.269 e. The maximum absolute atomic E-state index is 12.7. The molecule has 5 N–H and O–H groups in total. The van der Waals surface area contributed by atoms with Crippen LogP contribution >= 0.6 is 11.6 Å². The van der Waals surface area contributed by atoms with Gasteiger partial charge in [-0.1, -0.05) is 30.3 Å². The summed E-state index contributed by atoms with van der Waals surface area (Å²) in [5, 5.41) is 20.5. The molecule has 0 aromatic carbocycles. The van der Waals surface area contributed by atoms with Crippen molar-refractivity contribution in [2.24, 2.45) is 10.3 Å². The molecule has 57 heavy (non-hydrogen) atoms. The van der Waals surface area contributed by atoms with Crippen LogP contribution in [0.1, 0.15) is 58.3 Å². The van der Waals surface area contributed by atoms with Gasteiger partial charge in [0.25, 0.3) is 17.4 Å². The van der Waals surface area contributed by atoms with Crippen LogP contribution in [0.5, 0.6) is 0 Å². The van der Waals surface area contributed by atoms with Crippen LogP contribution in [-0.2, 0) is 17.8 Å². The van der Waals surface area contributed by atoms with Crippen molar-refractivity contribution in [1.82, 2.24) is 45.8 Å². The molecule has 17 nitrogen and oxygen atoms in total. The quantitative estimate of drug-likeness (QED) is 0.0379. The fourth-order valence-electron chi connectivity index (χ4n) is 6.19. The number of carbonyl (C=O) groups is 3. The molecule has 0 aliphatic carbocycles. The fraction of sp³-hybridized carbons (Fsp3) is 0.410. The predicted molar refractivity (Wildman–Crippen MR) is 220 cm³/mol. The molecule has 1 aliphatic rings. The second kappa shape index (κ2) is 21.5. The number of halogens is 1. The molecule has 18 heteroatoms. The highest BCUT2D eigenvalue weighted by atomic mass is 35.5. The van der Waals surface area contributed by atoms with Gasteiger partial charge in [0.15, 0.2) is 5.15 Å². The van der Waals surface area contributed by atoms with Crippen LogP contribution < -0.4 is 31.7 Å². The van der Waals surface area contributed by atoms with Crippen molar-refractivity contribution < 1.29 is 14.4 Å². The largest absolute Gasteiger partial charge is 0.368 e. The number of unbranched alkanes of at least 4 members (excludes halogenated alkanes) is 2. The summed E-state index contributed by atoms with van der Waals surface area (Å²) in [6, 6.07) is 10.6. The van der Waals surface area contributed by atoms with Gasteiger partial charge < -0.3 is 31.2 Å².